The fraction of sp³-hybridized carbons (Fsp3) is 0. The van der Waals surface area contributed by atoms with Gasteiger partial charge in [0.1, 0.15) is 11.6 Å². The molecule has 0 amide bonds. The maximum Gasteiger partial charge on any atom is 0.292 e. The molecule has 0 spiro atoms. The maximum absolute atomic E-state index is 13.2. The van der Waals surface area contributed by atoms with Crippen molar-refractivity contribution in [1.29, 1.82) is 0 Å². The molecule has 0 saturated carbocycles. The van der Waals surface area contributed by atoms with E-state index in [2.05, 4.69) is 4.98 Å². The Bertz CT molecular complexity index is 468. The number of nitrogens with zero attached hydrogens (tertiary/aromatic N) is 1. The van der Waals surface area contributed by atoms with Crippen molar-refractivity contribution < 1.29 is 13.2 Å². The average molecular weight is 196 g/mol. The van der Waals surface area contributed by atoms with Gasteiger partial charge in [0, 0.05) is 0 Å². The summed E-state index contributed by atoms with van der Waals surface area (Å²) < 4.78 is 30.8. The second kappa shape index (κ2) is 3.10. The highest BCUT2D eigenvalue weighted by Crippen LogP contribution is 2.24. The third-order valence-corrected chi connectivity index (χ3v) is 1.72. The van der Waals surface area contributed by atoms with E-state index in [9.17, 15) is 8.78 Å². The molecule has 1 aromatic heterocycles. The summed E-state index contributed by atoms with van der Waals surface area (Å²) in [4.78, 5) is 3.59. The lowest BCUT2D eigenvalue weighted by Gasteiger charge is -1.97. The third kappa shape index (κ3) is 1.44. The highest BCUT2D eigenvalue weighted by Gasteiger charge is 2.10. The highest BCUT2D eigenvalue weighted by molar-refractivity contribution is 5.58. The van der Waals surface area contributed by atoms with Crippen LogP contribution >= 0.6 is 0 Å². The van der Waals surface area contributed by atoms with Crippen molar-refractivity contribution >= 4 is 6.01 Å². The summed E-state index contributed by atoms with van der Waals surface area (Å²) in [5.74, 6) is -1.02. The molecule has 2 N–H and O–H groups in total. The van der Waals surface area contributed by atoms with Crippen molar-refractivity contribution in [2.24, 2.45) is 0 Å². The number of oxazole rings is 1. The second-order valence-electron chi connectivity index (χ2n) is 2.69. The van der Waals surface area contributed by atoms with Crippen LogP contribution in [0.3, 0.4) is 0 Å². The lowest BCUT2D eigenvalue weighted by Crippen LogP contribution is -1.84. The van der Waals surface area contributed by atoms with Gasteiger partial charge in [-0.15, -0.1) is 0 Å². The molecule has 0 saturated heterocycles. The van der Waals surface area contributed by atoms with Gasteiger partial charge in [-0.3, -0.25) is 0 Å². The SMILES string of the molecule is Nc1ncc(-c2cc(F)ccc2F)o1. The number of benzene rings is 1. The van der Waals surface area contributed by atoms with Gasteiger partial charge in [-0.1, -0.05) is 0 Å². The predicted molar refractivity (Wildman–Crippen MR) is 46.3 cm³/mol. The van der Waals surface area contributed by atoms with Crippen LogP contribution in [-0.2, 0) is 0 Å². The van der Waals surface area contributed by atoms with Crippen molar-refractivity contribution in [3.8, 4) is 11.3 Å². The summed E-state index contributed by atoms with van der Waals surface area (Å²) in [5, 5.41) is 0. The summed E-state index contributed by atoms with van der Waals surface area (Å²) in [6, 6.07) is 2.99. The van der Waals surface area contributed by atoms with E-state index in [1.807, 2.05) is 0 Å². The summed E-state index contributed by atoms with van der Waals surface area (Å²) in [5.41, 5.74) is 5.22. The molecule has 0 aliphatic rings. The van der Waals surface area contributed by atoms with Crippen LogP contribution in [-0.4, -0.2) is 4.98 Å². The third-order valence-electron chi connectivity index (χ3n) is 1.72. The van der Waals surface area contributed by atoms with Crippen molar-refractivity contribution in [2.45, 2.75) is 0 Å². The summed E-state index contributed by atoms with van der Waals surface area (Å²) in [6.45, 7) is 0. The van der Waals surface area contributed by atoms with Crippen molar-refractivity contribution in [1.82, 2.24) is 4.98 Å². The molecule has 3 nitrogen and oxygen atoms in total. The Morgan fingerprint density at radius 3 is 2.71 bits per heavy atom. The first-order valence-corrected chi connectivity index (χ1v) is 3.83. The maximum atomic E-state index is 13.2. The van der Waals surface area contributed by atoms with Gasteiger partial charge in [-0.2, -0.15) is 0 Å². The quantitative estimate of drug-likeness (QED) is 0.760. The fourth-order valence-corrected chi connectivity index (χ4v) is 1.10. The van der Waals surface area contributed by atoms with Crippen LogP contribution in [0.25, 0.3) is 11.3 Å². The first-order chi connectivity index (χ1) is 6.66. The molecule has 0 unspecified atom stereocenters. The smallest absolute Gasteiger partial charge is 0.292 e. The number of rotatable bonds is 1. The van der Waals surface area contributed by atoms with E-state index in [-0.39, 0.29) is 17.3 Å². The van der Waals surface area contributed by atoms with Gasteiger partial charge in [0.2, 0.25) is 0 Å². The first-order valence-electron chi connectivity index (χ1n) is 3.83. The highest BCUT2D eigenvalue weighted by atomic mass is 19.1. The van der Waals surface area contributed by atoms with E-state index >= 15 is 0 Å². The van der Waals surface area contributed by atoms with Gasteiger partial charge in [0.25, 0.3) is 6.01 Å². The lowest BCUT2D eigenvalue weighted by atomic mass is 10.2. The second-order valence-corrected chi connectivity index (χ2v) is 2.69. The van der Waals surface area contributed by atoms with E-state index in [4.69, 9.17) is 10.2 Å². The Labute approximate surface area is 78.2 Å². The molecular weight excluding hydrogens is 190 g/mol. The van der Waals surface area contributed by atoms with Crippen LogP contribution in [0.4, 0.5) is 14.8 Å². The van der Waals surface area contributed by atoms with Crippen LogP contribution in [0.2, 0.25) is 0 Å². The zero-order valence-electron chi connectivity index (χ0n) is 7.00. The summed E-state index contributed by atoms with van der Waals surface area (Å²) >= 11 is 0. The number of aromatic nitrogens is 1. The topological polar surface area (TPSA) is 52.0 Å². The molecular formula is C9H6F2N2O. The molecule has 72 valence electrons. The van der Waals surface area contributed by atoms with Crippen molar-refractivity contribution in [2.75, 3.05) is 5.73 Å². The van der Waals surface area contributed by atoms with E-state index in [1.165, 1.54) is 6.20 Å². The predicted octanol–water partition coefficient (Wildman–Crippen LogP) is 2.20. The number of nitrogens with two attached hydrogens (primary N) is 1. The molecule has 1 heterocycles. The molecule has 0 radical (unpaired) electrons. The van der Waals surface area contributed by atoms with Gasteiger partial charge >= 0.3 is 0 Å². The van der Waals surface area contributed by atoms with Crippen LogP contribution in [0, 0.1) is 11.6 Å². The first kappa shape index (κ1) is 8.68. The van der Waals surface area contributed by atoms with Crippen molar-refractivity contribution in [3.63, 3.8) is 0 Å². The van der Waals surface area contributed by atoms with Gasteiger partial charge in [-0.25, -0.2) is 13.8 Å². The van der Waals surface area contributed by atoms with Gasteiger partial charge in [-0.05, 0) is 18.2 Å². The normalized spacial score (nSPS) is 10.4. The molecule has 0 atom stereocenters. The summed E-state index contributed by atoms with van der Waals surface area (Å²) in [6.07, 6.45) is 1.24. The number of anilines is 1. The molecule has 2 rings (SSSR count). The Hall–Kier alpha value is -1.91. The number of nitrogen functional groups attached to an aromatic ring is 1. The van der Waals surface area contributed by atoms with Gasteiger partial charge in [0.15, 0.2) is 5.76 Å². The van der Waals surface area contributed by atoms with E-state index in [1.54, 1.807) is 0 Å². The van der Waals surface area contributed by atoms with Crippen LogP contribution in [0.1, 0.15) is 0 Å². The number of hydrogen-bond donors (Lipinski definition) is 1. The minimum absolute atomic E-state index is 0.00852. The Morgan fingerprint density at radius 1 is 1.29 bits per heavy atom. The standard InChI is InChI=1S/C9H6F2N2O/c10-5-1-2-7(11)6(3-5)8-4-13-9(12)14-8/h1-4H,(H2,12,13). The van der Waals surface area contributed by atoms with Gasteiger partial charge < -0.3 is 10.2 Å². The molecule has 0 aliphatic heterocycles. The molecule has 1 aromatic carbocycles. The van der Waals surface area contributed by atoms with Crippen LogP contribution < -0.4 is 5.73 Å². The lowest BCUT2D eigenvalue weighted by molar-refractivity contribution is 0.571. The average Bonchev–Trinajstić information content (AvgIpc) is 2.56. The zero-order valence-corrected chi connectivity index (χ0v) is 7.00. The Morgan fingerprint density at radius 2 is 2.07 bits per heavy atom. The van der Waals surface area contributed by atoms with E-state index in [0.29, 0.717) is 0 Å². The molecule has 14 heavy (non-hydrogen) atoms. The van der Waals surface area contributed by atoms with Gasteiger partial charge in [0.05, 0.1) is 11.8 Å². The zero-order chi connectivity index (χ0) is 10.1. The largest absolute Gasteiger partial charge is 0.424 e. The minimum Gasteiger partial charge on any atom is -0.424 e. The fourth-order valence-electron chi connectivity index (χ4n) is 1.10. The number of hydrogen-bond acceptors (Lipinski definition) is 3. The Balaban J connectivity index is 2.55. The minimum atomic E-state index is -0.581. The number of halogens is 2. The summed E-state index contributed by atoms with van der Waals surface area (Å²) in [7, 11) is 0. The molecule has 0 bridgehead atoms. The molecule has 2 aromatic rings. The Kier molecular flexibility index (Phi) is 1.92. The van der Waals surface area contributed by atoms with E-state index in [0.717, 1.165) is 18.2 Å². The molecule has 0 fully saturated rings. The molecule has 0 aliphatic carbocycles. The monoisotopic (exact) mass is 196 g/mol. The van der Waals surface area contributed by atoms with E-state index < -0.39 is 11.6 Å². The molecule has 5 heteroatoms. The van der Waals surface area contributed by atoms with Crippen LogP contribution in [0.5, 0.6) is 0 Å². The van der Waals surface area contributed by atoms with Crippen LogP contribution in [0.15, 0.2) is 28.8 Å². The van der Waals surface area contributed by atoms with Crippen molar-refractivity contribution in [3.05, 3.63) is 36.0 Å².